The molecule has 1 saturated heterocycles. The van der Waals surface area contributed by atoms with Crippen LogP contribution in [0.3, 0.4) is 0 Å². The molecule has 0 atom stereocenters. The minimum absolute atomic E-state index is 0.952. The fourth-order valence-electron chi connectivity index (χ4n) is 3.51. The largest absolute Gasteiger partial charge is 0.352 e. The van der Waals surface area contributed by atoms with Crippen LogP contribution in [-0.2, 0) is 6.54 Å². The fraction of sp³-hybridized carbons (Fsp3) is 0.350. The van der Waals surface area contributed by atoms with Crippen molar-refractivity contribution in [3.63, 3.8) is 0 Å². The first-order chi connectivity index (χ1) is 12.7. The summed E-state index contributed by atoms with van der Waals surface area (Å²) >= 11 is 0. The molecule has 0 amide bonds. The molecule has 26 heavy (non-hydrogen) atoms. The molecule has 0 unspecified atom stereocenters. The number of nitrogens with zero attached hydrogens (tertiary/aromatic N) is 5. The molecule has 0 aliphatic carbocycles. The molecule has 4 rings (SSSR count). The van der Waals surface area contributed by atoms with Crippen molar-refractivity contribution in [2.75, 3.05) is 31.1 Å². The number of H-pyrrole nitrogens is 1. The normalized spacial score (nSPS) is 15.4. The highest BCUT2D eigenvalue weighted by molar-refractivity contribution is 5.71. The zero-order chi connectivity index (χ0) is 17.9. The standard InChI is InChI=1S/C20H24N6/c1-15-18(16(2)24-23-15)14-25-10-12-26(13-11-25)20-19(21-8-9-22-20)17-6-4-3-5-7-17/h3-9H,10-14H2,1-2H3,(H,23,24). The quantitative estimate of drug-likeness (QED) is 0.786. The van der Waals surface area contributed by atoms with Gasteiger partial charge in [-0.3, -0.25) is 15.0 Å². The number of piperazine rings is 1. The Labute approximate surface area is 153 Å². The molecular formula is C20H24N6. The van der Waals surface area contributed by atoms with Crippen LogP contribution in [0.1, 0.15) is 17.0 Å². The number of hydrogen-bond donors (Lipinski definition) is 1. The molecule has 1 fully saturated rings. The molecule has 2 aromatic heterocycles. The lowest BCUT2D eigenvalue weighted by atomic mass is 10.1. The van der Waals surface area contributed by atoms with E-state index in [0.29, 0.717) is 0 Å². The van der Waals surface area contributed by atoms with Gasteiger partial charge in [0.05, 0.1) is 5.69 Å². The number of nitrogens with one attached hydrogen (secondary N) is 1. The Morgan fingerprint density at radius 1 is 0.962 bits per heavy atom. The van der Waals surface area contributed by atoms with Gasteiger partial charge in [0.2, 0.25) is 0 Å². The van der Waals surface area contributed by atoms with Gasteiger partial charge in [-0.2, -0.15) is 5.10 Å². The van der Waals surface area contributed by atoms with E-state index < -0.39 is 0 Å². The van der Waals surface area contributed by atoms with Crippen molar-refractivity contribution in [2.24, 2.45) is 0 Å². The monoisotopic (exact) mass is 348 g/mol. The maximum atomic E-state index is 4.64. The van der Waals surface area contributed by atoms with Gasteiger partial charge < -0.3 is 4.90 Å². The molecule has 3 heterocycles. The highest BCUT2D eigenvalue weighted by Crippen LogP contribution is 2.27. The molecule has 6 nitrogen and oxygen atoms in total. The second kappa shape index (κ2) is 7.25. The Bertz CT molecular complexity index is 846. The van der Waals surface area contributed by atoms with Crippen LogP contribution in [0.4, 0.5) is 5.82 Å². The number of hydrogen-bond acceptors (Lipinski definition) is 5. The minimum atomic E-state index is 0.952. The van der Waals surface area contributed by atoms with E-state index in [-0.39, 0.29) is 0 Å². The van der Waals surface area contributed by atoms with Crippen molar-refractivity contribution in [1.29, 1.82) is 0 Å². The summed E-state index contributed by atoms with van der Waals surface area (Å²) in [6.07, 6.45) is 3.55. The fourth-order valence-corrected chi connectivity index (χ4v) is 3.51. The number of aryl methyl sites for hydroxylation is 2. The van der Waals surface area contributed by atoms with E-state index in [1.54, 1.807) is 12.4 Å². The molecule has 134 valence electrons. The first-order valence-electron chi connectivity index (χ1n) is 9.06. The average Bonchev–Trinajstić information content (AvgIpc) is 3.01. The van der Waals surface area contributed by atoms with Crippen LogP contribution >= 0.6 is 0 Å². The molecule has 3 aromatic rings. The van der Waals surface area contributed by atoms with Crippen molar-refractivity contribution in [1.82, 2.24) is 25.1 Å². The molecule has 0 radical (unpaired) electrons. The van der Waals surface area contributed by atoms with Crippen molar-refractivity contribution < 1.29 is 0 Å². The third kappa shape index (κ3) is 3.32. The molecule has 1 aliphatic rings. The molecule has 1 N–H and O–H groups in total. The van der Waals surface area contributed by atoms with E-state index in [0.717, 1.165) is 55.5 Å². The first-order valence-corrected chi connectivity index (χ1v) is 9.06. The molecule has 1 aromatic carbocycles. The smallest absolute Gasteiger partial charge is 0.155 e. The molecule has 6 heteroatoms. The average molecular weight is 348 g/mol. The minimum Gasteiger partial charge on any atom is -0.352 e. The predicted molar refractivity (Wildman–Crippen MR) is 103 cm³/mol. The zero-order valence-corrected chi connectivity index (χ0v) is 15.3. The molecular weight excluding hydrogens is 324 g/mol. The highest BCUT2D eigenvalue weighted by Gasteiger charge is 2.22. The van der Waals surface area contributed by atoms with Crippen molar-refractivity contribution in [3.8, 4) is 11.3 Å². The zero-order valence-electron chi connectivity index (χ0n) is 15.3. The molecule has 0 bridgehead atoms. The van der Waals surface area contributed by atoms with Crippen molar-refractivity contribution >= 4 is 5.82 Å². The molecule has 1 aliphatic heterocycles. The number of benzene rings is 1. The SMILES string of the molecule is Cc1n[nH]c(C)c1CN1CCN(c2nccnc2-c2ccccc2)CC1. The lowest BCUT2D eigenvalue weighted by Gasteiger charge is -2.36. The van der Waals surface area contributed by atoms with Gasteiger partial charge in [0.1, 0.15) is 5.69 Å². The van der Waals surface area contributed by atoms with E-state index in [1.807, 2.05) is 18.2 Å². The van der Waals surface area contributed by atoms with Gasteiger partial charge in [-0.25, -0.2) is 4.98 Å². The summed E-state index contributed by atoms with van der Waals surface area (Å²) in [5, 5.41) is 7.39. The summed E-state index contributed by atoms with van der Waals surface area (Å²) in [4.78, 5) is 14.1. The molecule has 0 saturated carbocycles. The van der Waals surface area contributed by atoms with Crippen LogP contribution in [0, 0.1) is 13.8 Å². The van der Waals surface area contributed by atoms with E-state index in [4.69, 9.17) is 0 Å². The van der Waals surface area contributed by atoms with E-state index >= 15 is 0 Å². The lowest BCUT2D eigenvalue weighted by Crippen LogP contribution is -2.46. The summed E-state index contributed by atoms with van der Waals surface area (Å²) in [6.45, 7) is 9.04. The van der Waals surface area contributed by atoms with Gasteiger partial charge in [0.25, 0.3) is 0 Å². The summed E-state index contributed by atoms with van der Waals surface area (Å²) in [6, 6.07) is 10.3. The summed E-state index contributed by atoms with van der Waals surface area (Å²) in [5.41, 5.74) is 5.67. The topological polar surface area (TPSA) is 60.9 Å². The second-order valence-electron chi connectivity index (χ2n) is 6.77. The van der Waals surface area contributed by atoms with Crippen molar-refractivity contribution in [2.45, 2.75) is 20.4 Å². The van der Waals surface area contributed by atoms with Crippen LogP contribution in [0.15, 0.2) is 42.7 Å². The molecule has 0 spiro atoms. The van der Waals surface area contributed by atoms with E-state index in [9.17, 15) is 0 Å². The van der Waals surface area contributed by atoms with Crippen LogP contribution in [-0.4, -0.2) is 51.2 Å². The summed E-state index contributed by atoms with van der Waals surface area (Å²) in [5.74, 6) is 0.981. The lowest BCUT2D eigenvalue weighted by molar-refractivity contribution is 0.248. The van der Waals surface area contributed by atoms with Gasteiger partial charge in [-0.15, -0.1) is 0 Å². The first kappa shape index (κ1) is 16.7. The number of anilines is 1. The second-order valence-corrected chi connectivity index (χ2v) is 6.77. The Balaban J connectivity index is 1.47. The third-order valence-electron chi connectivity index (χ3n) is 5.06. The van der Waals surface area contributed by atoms with Gasteiger partial charge in [-0.05, 0) is 13.8 Å². The Morgan fingerprint density at radius 2 is 1.69 bits per heavy atom. The van der Waals surface area contributed by atoms with Crippen LogP contribution in [0.5, 0.6) is 0 Å². The summed E-state index contributed by atoms with van der Waals surface area (Å²) < 4.78 is 0. The van der Waals surface area contributed by atoms with Gasteiger partial charge >= 0.3 is 0 Å². The number of rotatable bonds is 4. The predicted octanol–water partition coefficient (Wildman–Crippen LogP) is 2.81. The highest BCUT2D eigenvalue weighted by atomic mass is 15.3. The number of aromatic amines is 1. The van der Waals surface area contributed by atoms with Gasteiger partial charge in [0, 0.05) is 61.9 Å². The Hall–Kier alpha value is -2.73. The van der Waals surface area contributed by atoms with Crippen molar-refractivity contribution in [3.05, 3.63) is 59.7 Å². The number of aromatic nitrogens is 4. The maximum absolute atomic E-state index is 4.64. The van der Waals surface area contributed by atoms with Crippen LogP contribution in [0.2, 0.25) is 0 Å². The maximum Gasteiger partial charge on any atom is 0.155 e. The van der Waals surface area contributed by atoms with E-state index in [2.05, 4.69) is 55.9 Å². The van der Waals surface area contributed by atoms with Gasteiger partial charge in [0.15, 0.2) is 5.82 Å². The third-order valence-corrected chi connectivity index (χ3v) is 5.06. The van der Waals surface area contributed by atoms with Crippen LogP contribution < -0.4 is 4.90 Å². The van der Waals surface area contributed by atoms with E-state index in [1.165, 1.54) is 11.3 Å². The Morgan fingerprint density at radius 3 is 2.38 bits per heavy atom. The van der Waals surface area contributed by atoms with Crippen LogP contribution in [0.25, 0.3) is 11.3 Å². The van der Waals surface area contributed by atoms with Gasteiger partial charge in [-0.1, -0.05) is 30.3 Å². The summed E-state index contributed by atoms with van der Waals surface area (Å²) in [7, 11) is 0. The Kier molecular flexibility index (Phi) is 4.67.